The summed E-state index contributed by atoms with van der Waals surface area (Å²) in [6, 6.07) is 5.52. The number of hydrogen-bond acceptors (Lipinski definition) is 5. The molecule has 2 saturated heterocycles. The number of benzene rings is 1. The molecular formula is C18H22N4O3. The van der Waals surface area contributed by atoms with Crippen molar-refractivity contribution >= 4 is 17.7 Å². The Labute approximate surface area is 146 Å². The second-order valence-electron chi connectivity index (χ2n) is 7.14. The maximum atomic E-state index is 13.0. The first-order valence-corrected chi connectivity index (χ1v) is 8.76. The van der Waals surface area contributed by atoms with Gasteiger partial charge in [0.05, 0.1) is 0 Å². The molecule has 132 valence electrons. The van der Waals surface area contributed by atoms with Gasteiger partial charge in [-0.15, -0.1) is 0 Å². The van der Waals surface area contributed by atoms with Crippen LogP contribution in [0, 0.1) is 0 Å². The molecule has 1 aromatic rings. The molecule has 0 aromatic heterocycles. The number of piperidine rings is 1. The Morgan fingerprint density at radius 3 is 2.76 bits per heavy atom. The number of fused-ring (bicyclic) bond motifs is 1. The Morgan fingerprint density at radius 1 is 1.20 bits per heavy atom. The summed E-state index contributed by atoms with van der Waals surface area (Å²) in [5.74, 6) is -0.746. The van der Waals surface area contributed by atoms with Crippen LogP contribution in [0.5, 0.6) is 0 Å². The van der Waals surface area contributed by atoms with Gasteiger partial charge in [-0.1, -0.05) is 18.2 Å². The van der Waals surface area contributed by atoms with Crippen LogP contribution in [0.25, 0.3) is 0 Å². The third-order valence-electron chi connectivity index (χ3n) is 5.34. The minimum Gasteiger partial charge on any atom is -0.326 e. The van der Waals surface area contributed by atoms with Crippen molar-refractivity contribution in [3.05, 3.63) is 34.9 Å². The zero-order valence-electron chi connectivity index (χ0n) is 14.0. The summed E-state index contributed by atoms with van der Waals surface area (Å²) < 4.78 is 0. The number of amides is 3. The van der Waals surface area contributed by atoms with Crippen LogP contribution < -0.4 is 11.1 Å². The molecule has 25 heavy (non-hydrogen) atoms. The predicted octanol–water partition coefficient (Wildman–Crippen LogP) is -0.0194. The van der Waals surface area contributed by atoms with E-state index in [4.69, 9.17) is 5.73 Å². The minimum absolute atomic E-state index is 0.108. The molecule has 2 atom stereocenters. The van der Waals surface area contributed by atoms with Crippen LogP contribution in [0.3, 0.4) is 0 Å². The topological polar surface area (TPSA) is 95.7 Å². The molecule has 0 aliphatic carbocycles. The fraction of sp³-hybridized carbons (Fsp3) is 0.500. The monoisotopic (exact) mass is 342 g/mol. The van der Waals surface area contributed by atoms with E-state index in [1.807, 2.05) is 18.2 Å². The first kappa shape index (κ1) is 16.2. The van der Waals surface area contributed by atoms with Gasteiger partial charge in [0.2, 0.25) is 11.8 Å². The molecule has 3 N–H and O–H groups in total. The van der Waals surface area contributed by atoms with Crippen molar-refractivity contribution in [2.45, 2.75) is 44.4 Å². The number of carbonyl (C=O) groups is 3. The van der Waals surface area contributed by atoms with Gasteiger partial charge in [-0.2, -0.15) is 0 Å². The lowest BCUT2D eigenvalue weighted by molar-refractivity contribution is -0.136. The Kier molecular flexibility index (Phi) is 4.05. The van der Waals surface area contributed by atoms with E-state index in [1.165, 1.54) is 0 Å². The van der Waals surface area contributed by atoms with Crippen molar-refractivity contribution in [3.8, 4) is 0 Å². The zero-order valence-corrected chi connectivity index (χ0v) is 14.0. The van der Waals surface area contributed by atoms with E-state index in [0.29, 0.717) is 25.1 Å². The van der Waals surface area contributed by atoms with Crippen molar-refractivity contribution in [3.63, 3.8) is 0 Å². The van der Waals surface area contributed by atoms with Gasteiger partial charge in [0.15, 0.2) is 0 Å². The Hall–Kier alpha value is -2.25. The summed E-state index contributed by atoms with van der Waals surface area (Å²) in [6.07, 6.45) is 1.64. The van der Waals surface area contributed by atoms with Gasteiger partial charge >= 0.3 is 0 Å². The van der Waals surface area contributed by atoms with Crippen LogP contribution in [0.2, 0.25) is 0 Å². The van der Waals surface area contributed by atoms with E-state index in [0.717, 1.165) is 30.6 Å². The van der Waals surface area contributed by atoms with E-state index in [1.54, 1.807) is 4.90 Å². The number of rotatable bonds is 3. The number of carbonyl (C=O) groups excluding carboxylic acids is 3. The van der Waals surface area contributed by atoms with Crippen LogP contribution in [0.1, 0.15) is 40.7 Å². The average Bonchev–Trinajstić information content (AvgIpc) is 3.12. The highest BCUT2D eigenvalue weighted by Crippen LogP contribution is 2.30. The van der Waals surface area contributed by atoms with E-state index < -0.39 is 6.04 Å². The third-order valence-corrected chi connectivity index (χ3v) is 5.34. The van der Waals surface area contributed by atoms with Gasteiger partial charge in [0.25, 0.3) is 5.91 Å². The van der Waals surface area contributed by atoms with Crippen LogP contribution in [-0.2, 0) is 22.7 Å². The number of nitrogens with one attached hydrogen (secondary N) is 1. The molecule has 3 aliphatic heterocycles. The summed E-state index contributed by atoms with van der Waals surface area (Å²) in [4.78, 5) is 40.4. The highest BCUT2D eigenvalue weighted by molar-refractivity contribution is 6.05. The molecule has 0 saturated carbocycles. The summed E-state index contributed by atoms with van der Waals surface area (Å²) in [6.45, 7) is 2.91. The maximum Gasteiger partial charge on any atom is 0.255 e. The summed E-state index contributed by atoms with van der Waals surface area (Å²) in [7, 11) is 0. The molecule has 0 spiro atoms. The molecule has 0 bridgehead atoms. The molecule has 4 rings (SSSR count). The maximum absolute atomic E-state index is 13.0. The van der Waals surface area contributed by atoms with Crippen LogP contribution in [-0.4, -0.2) is 52.7 Å². The molecule has 7 nitrogen and oxygen atoms in total. The Balaban J connectivity index is 1.56. The van der Waals surface area contributed by atoms with Crippen molar-refractivity contribution in [1.29, 1.82) is 0 Å². The molecule has 7 heteroatoms. The summed E-state index contributed by atoms with van der Waals surface area (Å²) in [5.41, 5.74) is 8.64. The lowest BCUT2D eigenvalue weighted by atomic mass is 10.0. The average molecular weight is 342 g/mol. The number of likely N-dealkylation sites (tertiary alicyclic amines) is 1. The minimum atomic E-state index is -0.564. The van der Waals surface area contributed by atoms with Gasteiger partial charge in [-0.25, -0.2) is 0 Å². The fourth-order valence-electron chi connectivity index (χ4n) is 4.07. The second-order valence-corrected chi connectivity index (χ2v) is 7.14. The highest BCUT2D eigenvalue weighted by Gasteiger charge is 2.40. The first-order chi connectivity index (χ1) is 12.0. The predicted molar refractivity (Wildman–Crippen MR) is 90.4 cm³/mol. The third kappa shape index (κ3) is 2.94. The first-order valence-electron chi connectivity index (χ1n) is 8.76. The fourth-order valence-corrected chi connectivity index (χ4v) is 4.07. The van der Waals surface area contributed by atoms with Crippen LogP contribution in [0.15, 0.2) is 18.2 Å². The van der Waals surface area contributed by atoms with E-state index in [2.05, 4.69) is 10.2 Å². The highest BCUT2D eigenvalue weighted by atomic mass is 16.2. The largest absolute Gasteiger partial charge is 0.326 e. The van der Waals surface area contributed by atoms with Gasteiger partial charge in [-0.05, 0) is 24.0 Å². The number of hydrogen-bond donors (Lipinski definition) is 2. The zero-order chi connectivity index (χ0) is 17.6. The number of nitrogens with zero attached hydrogens (tertiary/aromatic N) is 2. The van der Waals surface area contributed by atoms with E-state index in [9.17, 15) is 14.4 Å². The van der Waals surface area contributed by atoms with Gasteiger partial charge in [0.1, 0.15) is 6.04 Å². The lowest BCUT2D eigenvalue weighted by Crippen LogP contribution is -2.52. The number of imide groups is 1. The standard InChI is InChI=1S/C18H22N4O3/c19-13-6-7-21(10-13)8-11-2-1-3-12-9-22(18(25)16(11)12)14-4-5-15(23)20-17(14)24/h1-3,13-14H,4-10,19H2,(H,20,23,24). The molecule has 1 aromatic carbocycles. The Bertz CT molecular complexity index is 748. The van der Waals surface area contributed by atoms with Crippen molar-refractivity contribution < 1.29 is 14.4 Å². The Morgan fingerprint density at radius 2 is 2.04 bits per heavy atom. The molecule has 0 radical (unpaired) electrons. The van der Waals surface area contributed by atoms with Gasteiger partial charge in [0, 0.05) is 44.2 Å². The van der Waals surface area contributed by atoms with Crippen molar-refractivity contribution in [1.82, 2.24) is 15.1 Å². The molecule has 2 fully saturated rings. The molecular weight excluding hydrogens is 320 g/mol. The smallest absolute Gasteiger partial charge is 0.255 e. The van der Waals surface area contributed by atoms with Gasteiger partial charge < -0.3 is 10.6 Å². The van der Waals surface area contributed by atoms with Crippen LogP contribution >= 0.6 is 0 Å². The second kappa shape index (κ2) is 6.24. The molecule has 3 amide bonds. The quantitative estimate of drug-likeness (QED) is 0.753. The molecule has 3 aliphatic rings. The summed E-state index contributed by atoms with van der Waals surface area (Å²) >= 11 is 0. The van der Waals surface area contributed by atoms with E-state index in [-0.39, 0.29) is 30.2 Å². The SMILES string of the molecule is NC1CCN(Cc2cccc3c2C(=O)N(C2CCC(=O)NC2=O)C3)C1. The van der Waals surface area contributed by atoms with E-state index >= 15 is 0 Å². The van der Waals surface area contributed by atoms with Gasteiger partial charge in [-0.3, -0.25) is 24.6 Å². The van der Waals surface area contributed by atoms with Crippen molar-refractivity contribution in [2.75, 3.05) is 13.1 Å². The lowest BCUT2D eigenvalue weighted by Gasteiger charge is -2.29. The summed E-state index contributed by atoms with van der Waals surface area (Å²) in [5, 5.41) is 2.34. The van der Waals surface area contributed by atoms with Crippen LogP contribution in [0.4, 0.5) is 0 Å². The van der Waals surface area contributed by atoms with Crippen molar-refractivity contribution in [2.24, 2.45) is 5.73 Å². The normalized spacial score (nSPS) is 26.9. The number of nitrogens with two attached hydrogens (primary N) is 1. The molecule has 3 heterocycles. The molecule has 2 unspecified atom stereocenters.